The lowest BCUT2D eigenvalue weighted by molar-refractivity contribution is 0.101. The summed E-state index contributed by atoms with van der Waals surface area (Å²) in [7, 11) is 0. The largest absolute Gasteiger partial charge is 0.370 e. The van der Waals surface area contributed by atoms with Gasteiger partial charge < -0.3 is 10.6 Å². The minimum absolute atomic E-state index is 0.159. The highest BCUT2D eigenvalue weighted by Crippen LogP contribution is 2.25. The van der Waals surface area contributed by atoms with Crippen LogP contribution in [0.1, 0.15) is 25.0 Å². The second-order valence-electron chi connectivity index (χ2n) is 8.03. The Kier molecular flexibility index (Phi) is 4.52. The Labute approximate surface area is 150 Å². The third-order valence-corrected chi connectivity index (χ3v) is 5.70. The molecule has 3 heterocycles. The van der Waals surface area contributed by atoms with Crippen LogP contribution in [0, 0.1) is 5.92 Å². The van der Waals surface area contributed by atoms with E-state index in [1.54, 1.807) is 0 Å². The number of nitrogens with zero attached hydrogens (tertiary/aromatic N) is 3. The predicted octanol–water partition coefficient (Wildman–Crippen LogP) is 2.35. The van der Waals surface area contributed by atoms with Gasteiger partial charge in [0.1, 0.15) is 5.82 Å². The van der Waals surface area contributed by atoms with Crippen LogP contribution in [-0.2, 0) is 19.5 Å². The molecule has 0 saturated carbocycles. The molecule has 2 aliphatic heterocycles. The minimum Gasteiger partial charge on any atom is -0.370 e. The third-order valence-electron chi connectivity index (χ3n) is 5.70. The van der Waals surface area contributed by atoms with E-state index in [0.717, 1.165) is 51.5 Å². The molecule has 0 unspecified atom stereocenters. The van der Waals surface area contributed by atoms with Gasteiger partial charge in [-0.15, -0.1) is 0 Å². The van der Waals surface area contributed by atoms with E-state index in [9.17, 15) is 0 Å². The summed E-state index contributed by atoms with van der Waals surface area (Å²) in [6, 6.07) is 10.9. The second-order valence-corrected chi connectivity index (χ2v) is 8.03. The van der Waals surface area contributed by atoms with E-state index in [1.165, 1.54) is 11.1 Å². The SMILES string of the molecule is CC(C)(CNC[C@H]1CNc2ccnn2C1)N1CCc2ccccc2C1. The summed E-state index contributed by atoms with van der Waals surface area (Å²) >= 11 is 0. The molecule has 1 atom stereocenters. The van der Waals surface area contributed by atoms with Crippen LogP contribution in [0.2, 0.25) is 0 Å². The number of nitrogens with one attached hydrogen (secondary N) is 2. The maximum absolute atomic E-state index is 4.38. The molecule has 5 nitrogen and oxygen atoms in total. The van der Waals surface area contributed by atoms with Crippen molar-refractivity contribution in [1.82, 2.24) is 20.0 Å². The zero-order valence-electron chi connectivity index (χ0n) is 15.3. The molecule has 2 aliphatic rings. The lowest BCUT2D eigenvalue weighted by atomic mass is 9.94. The molecule has 0 aliphatic carbocycles. The van der Waals surface area contributed by atoms with Gasteiger partial charge in [0.15, 0.2) is 0 Å². The fraction of sp³-hybridized carbons (Fsp3) is 0.550. The highest BCUT2D eigenvalue weighted by Gasteiger charge is 2.29. The van der Waals surface area contributed by atoms with Gasteiger partial charge in [0, 0.05) is 56.8 Å². The lowest BCUT2D eigenvalue weighted by Crippen LogP contribution is -2.53. The third kappa shape index (κ3) is 3.58. The van der Waals surface area contributed by atoms with Crippen molar-refractivity contribution in [3.05, 3.63) is 47.7 Å². The number of benzene rings is 1. The summed E-state index contributed by atoms with van der Waals surface area (Å²) in [5, 5.41) is 11.6. The highest BCUT2D eigenvalue weighted by atomic mass is 15.3. The first-order valence-corrected chi connectivity index (χ1v) is 9.40. The molecule has 4 rings (SSSR count). The molecule has 2 N–H and O–H groups in total. The fourth-order valence-corrected chi connectivity index (χ4v) is 4.03. The van der Waals surface area contributed by atoms with E-state index in [1.807, 2.05) is 12.3 Å². The van der Waals surface area contributed by atoms with Gasteiger partial charge in [-0.3, -0.25) is 4.90 Å². The first-order chi connectivity index (χ1) is 12.1. The molecule has 0 amide bonds. The number of hydrogen-bond acceptors (Lipinski definition) is 4. The summed E-state index contributed by atoms with van der Waals surface area (Å²) in [5.74, 6) is 1.73. The summed E-state index contributed by atoms with van der Waals surface area (Å²) in [4.78, 5) is 2.62. The number of aromatic nitrogens is 2. The first kappa shape index (κ1) is 16.6. The molecule has 134 valence electrons. The average Bonchev–Trinajstić information content (AvgIpc) is 3.09. The van der Waals surface area contributed by atoms with Crippen molar-refractivity contribution in [2.24, 2.45) is 5.92 Å². The Bertz CT molecular complexity index is 720. The first-order valence-electron chi connectivity index (χ1n) is 9.40. The van der Waals surface area contributed by atoms with Crippen LogP contribution in [-0.4, -0.2) is 46.4 Å². The van der Waals surface area contributed by atoms with E-state index in [-0.39, 0.29) is 5.54 Å². The molecular weight excluding hydrogens is 310 g/mol. The van der Waals surface area contributed by atoms with Gasteiger partial charge in [0.25, 0.3) is 0 Å². The highest BCUT2D eigenvalue weighted by molar-refractivity contribution is 5.35. The molecule has 2 aromatic rings. The number of hydrogen-bond donors (Lipinski definition) is 2. The Hall–Kier alpha value is -1.85. The van der Waals surface area contributed by atoms with Gasteiger partial charge in [0.05, 0.1) is 6.20 Å². The Morgan fingerprint density at radius 3 is 2.96 bits per heavy atom. The van der Waals surface area contributed by atoms with Crippen LogP contribution in [0.15, 0.2) is 36.5 Å². The number of rotatable bonds is 5. The van der Waals surface area contributed by atoms with E-state index in [4.69, 9.17) is 0 Å². The maximum Gasteiger partial charge on any atom is 0.124 e. The summed E-state index contributed by atoms with van der Waals surface area (Å²) < 4.78 is 2.07. The van der Waals surface area contributed by atoms with Crippen molar-refractivity contribution >= 4 is 5.82 Å². The molecule has 0 fully saturated rings. The van der Waals surface area contributed by atoms with Crippen molar-refractivity contribution in [2.45, 2.75) is 38.9 Å². The molecule has 0 bridgehead atoms. The van der Waals surface area contributed by atoms with Gasteiger partial charge in [-0.1, -0.05) is 24.3 Å². The molecule has 25 heavy (non-hydrogen) atoms. The Balaban J connectivity index is 1.29. The van der Waals surface area contributed by atoms with Gasteiger partial charge in [-0.25, -0.2) is 4.68 Å². The zero-order valence-corrected chi connectivity index (χ0v) is 15.3. The van der Waals surface area contributed by atoms with Crippen molar-refractivity contribution in [3.8, 4) is 0 Å². The topological polar surface area (TPSA) is 45.1 Å². The summed E-state index contributed by atoms with van der Waals surface area (Å²) in [6.07, 6.45) is 3.03. The van der Waals surface area contributed by atoms with Crippen LogP contribution in [0.5, 0.6) is 0 Å². The standard InChI is InChI=1S/C20H29N5/c1-20(2,24-10-8-17-5-3-4-6-18(17)14-24)15-21-11-16-12-22-19-7-9-23-25(19)13-16/h3-7,9,16,21-22H,8,10-15H2,1-2H3/t16-/m0/s1. The van der Waals surface area contributed by atoms with Gasteiger partial charge in [-0.05, 0) is 31.4 Å². The average molecular weight is 339 g/mol. The van der Waals surface area contributed by atoms with Crippen molar-refractivity contribution in [1.29, 1.82) is 0 Å². The van der Waals surface area contributed by atoms with Crippen LogP contribution in [0.25, 0.3) is 0 Å². The Morgan fingerprint density at radius 1 is 1.24 bits per heavy atom. The van der Waals surface area contributed by atoms with E-state index in [0.29, 0.717) is 5.92 Å². The normalized spacial score (nSPS) is 20.6. The summed E-state index contributed by atoms with van der Waals surface area (Å²) in [5.41, 5.74) is 3.17. The van der Waals surface area contributed by atoms with Crippen molar-refractivity contribution < 1.29 is 0 Å². The van der Waals surface area contributed by atoms with Crippen LogP contribution in [0.3, 0.4) is 0 Å². The number of anilines is 1. The molecule has 0 saturated heterocycles. The molecule has 1 aromatic carbocycles. The van der Waals surface area contributed by atoms with E-state index in [2.05, 4.69) is 63.4 Å². The Morgan fingerprint density at radius 2 is 2.08 bits per heavy atom. The lowest BCUT2D eigenvalue weighted by Gasteiger charge is -2.42. The van der Waals surface area contributed by atoms with Crippen molar-refractivity contribution in [3.63, 3.8) is 0 Å². The van der Waals surface area contributed by atoms with Crippen LogP contribution < -0.4 is 10.6 Å². The van der Waals surface area contributed by atoms with Gasteiger partial charge in [-0.2, -0.15) is 5.10 Å². The van der Waals surface area contributed by atoms with Crippen LogP contribution >= 0.6 is 0 Å². The maximum atomic E-state index is 4.38. The molecular formula is C20H29N5. The molecule has 0 spiro atoms. The van der Waals surface area contributed by atoms with Gasteiger partial charge in [0.2, 0.25) is 0 Å². The molecule has 1 aromatic heterocycles. The predicted molar refractivity (Wildman–Crippen MR) is 102 cm³/mol. The molecule has 0 radical (unpaired) electrons. The van der Waals surface area contributed by atoms with Crippen LogP contribution in [0.4, 0.5) is 5.82 Å². The van der Waals surface area contributed by atoms with E-state index >= 15 is 0 Å². The molecule has 5 heteroatoms. The second kappa shape index (κ2) is 6.81. The van der Waals surface area contributed by atoms with Crippen molar-refractivity contribution in [2.75, 3.05) is 31.5 Å². The fourth-order valence-electron chi connectivity index (χ4n) is 4.03. The smallest absolute Gasteiger partial charge is 0.124 e. The van der Waals surface area contributed by atoms with E-state index < -0.39 is 0 Å². The monoisotopic (exact) mass is 339 g/mol. The quantitative estimate of drug-likeness (QED) is 0.878. The van der Waals surface area contributed by atoms with Gasteiger partial charge >= 0.3 is 0 Å². The summed E-state index contributed by atoms with van der Waals surface area (Å²) in [6.45, 7) is 11.0. The number of fused-ring (bicyclic) bond motifs is 2. The zero-order chi connectivity index (χ0) is 17.3. The minimum atomic E-state index is 0.159.